The number of rotatable bonds is 4. The summed E-state index contributed by atoms with van der Waals surface area (Å²) in [4.78, 5) is 10.1. The Bertz CT molecular complexity index is 592. The minimum atomic E-state index is 0.579. The molecule has 0 bridgehead atoms. The summed E-state index contributed by atoms with van der Waals surface area (Å²) in [6, 6.07) is 8.13. The maximum absolute atomic E-state index is 5.92. The Balaban J connectivity index is 2.16. The van der Waals surface area contributed by atoms with Crippen LogP contribution < -0.4 is 5.73 Å². The molecule has 0 radical (unpaired) electrons. The molecule has 0 fully saturated rings. The van der Waals surface area contributed by atoms with E-state index in [1.54, 1.807) is 11.8 Å². The van der Waals surface area contributed by atoms with E-state index < -0.39 is 0 Å². The van der Waals surface area contributed by atoms with Crippen LogP contribution in [0.15, 0.2) is 33.6 Å². The lowest BCUT2D eigenvalue weighted by atomic mass is 10.3. The fourth-order valence-corrected chi connectivity index (χ4v) is 3.61. The fourth-order valence-electron chi connectivity index (χ4n) is 1.57. The molecule has 0 aliphatic carbocycles. The molecule has 2 N–H and O–H groups in total. The number of thioether (sulfide) groups is 1. The number of nitrogens with zero attached hydrogens (tertiary/aromatic N) is 2. The first kappa shape index (κ1) is 15.1. The summed E-state index contributed by atoms with van der Waals surface area (Å²) >= 11 is 7.44. The standard InChI is InChI=1S/C13H13BrIN3S/c1-2-9-12(15)13(16)18-11(17-9)7-19-10-6-4-3-5-8(10)14/h3-6H,2,7H2,1H3,(H2,16,17,18). The molecule has 0 spiro atoms. The molecule has 0 atom stereocenters. The van der Waals surface area contributed by atoms with Gasteiger partial charge in [0.1, 0.15) is 11.6 Å². The number of benzene rings is 1. The van der Waals surface area contributed by atoms with Gasteiger partial charge in [0.25, 0.3) is 0 Å². The van der Waals surface area contributed by atoms with Crippen LogP contribution in [0.2, 0.25) is 0 Å². The van der Waals surface area contributed by atoms with Gasteiger partial charge in [-0.3, -0.25) is 0 Å². The Kier molecular flexibility index (Phi) is 5.47. The van der Waals surface area contributed by atoms with Gasteiger partial charge in [0.15, 0.2) is 0 Å². The maximum Gasteiger partial charge on any atom is 0.141 e. The maximum atomic E-state index is 5.92. The van der Waals surface area contributed by atoms with Gasteiger partial charge in [0, 0.05) is 9.37 Å². The Labute approximate surface area is 139 Å². The summed E-state index contributed by atoms with van der Waals surface area (Å²) < 4.78 is 2.06. The zero-order valence-electron chi connectivity index (χ0n) is 10.4. The molecule has 6 heteroatoms. The topological polar surface area (TPSA) is 51.8 Å². The molecule has 19 heavy (non-hydrogen) atoms. The lowest BCUT2D eigenvalue weighted by molar-refractivity contribution is 0.933. The number of anilines is 1. The highest BCUT2D eigenvalue weighted by molar-refractivity contribution is 14.1. The van der Waals surface area contributed by atoms with Crippen LogP contribution in [0.1, 0.15) is 18.4 Å². The van der Waals surface area contributed by atoms with Gasteiger partial charge < -0.3 is 5.73 Å². The minimum absolute atomic E-state index is 0.579. The molecule has 1 heterocycles. The van der Waals surface area contributed by atoms with Crippen molar-refractivity contribution in [3.63, 3.8) is 0 Å². The van der Waals surface area contributed by atoms with E-state index in [2.05, 4.69) is 61.5 Å². The van der Waals surface area contributed by atoms with Crippen molar-refractivity contribution in [2.45, 2.75) is 24.0 Å². The Morgan fingerprint density at radius 3 is 2.74 bits per heavy atom. The van der Waals surface area contributed by atoms with Crippen molar-refractivity contribution < 1.29 is 0 Å². The summed E-state index contributed by atoms with van der Waals surface area (Å²) in [6.45, 7) is 2.08. The van der Waals surface area contributed by atoms with Gasteiger partial charge in [0.2, 0.25) is 0 Å². The van der Waals surface area contributed by atoms with E-state index in [4.69, 9.17) is 5.73 Å². The van der Waals surface area contributed by atoms with Crippen molar-refractivity contribution >= 4 is 56.1 Å². The number of nitrogen functional groups attached to an aromatic ring is 1. The number of aryl methyl sites for hydroxylation is 1. The third-order valence-corrected chi connectivity index (χ3v) is 5.72. The number of hydrogen-bond acceptors (Lipinski definition) is 4. The minimum Gasteiger partial charge on any atom is -0.383 e. The molecular weight excluding hydrogens is 437 g/mol. The molecule has 0 amide bonds. The average molecular weight is 450 g/mol. The number of aromatic nitrogens is 2. The number of nitrogens with two attached hydrogens (primary N) is 1. The number of hydrogen-bond donors (Lipinski definition) is 1. The monoisotopic (exact) mass is 449 g/mol. The van der Waals surface area contributed by atoms with Crippen LogP contribution in [0.4, 0.5) is 5.82 Å². The van der Waals surface area contributed by atoms with Gasteiger partial charge in [-0.1, -0.05) is 19.1 Å². The molecular formula is C13H13BrIN3S. The average Bonchev–Trinajstić information content (AvgIpc) is 2.41. The Morgan fingerprint density at radius 1 is 1.32 bits per heavy atom. The molecule has 0 saturated heterocycles. The summed E-state index contributed by atoms with van der Waals surface area (Å²) in [5, 5.41) is 0. The highest BCUT2D eigenvalue weighted by Crippen LogP contribution is 2.29. The second-order valence-corrected chi connectivity index (χ2v) is 6.81. The van der Waals surface area contributed by atoms with Crippen LogP contribution in [-0.4, -0.2) is 9.97 Å². The molecule has 2 rings (SSSR count). The summed E-state index contributed by atoms with van der Waals surface area (Å²) in [5.74, 6) is 2.09. The fraction of sp³-hybridized carbons (Fsp3) is 0.231. The molecule has 1 aromatic heterocycles. The highest BCUT2D eigenvalue weighted by atomic mass is 127. The Morgan fingerprint density at radius 2 is 2.05 bits per heavy atom. The van der Waals surface area contributed by atoms with Crippen LogP contribution in [-0.2, 0) is 12.2 Å². The molecule has 100 valence electrons. The second kappa shape index (κ2) is 6.90. The van der Waals surface area contributed by atoms with Gasteiger partial charge in [-0.25, -0.2) is 9.97 Å². The van der Waals surface area contributed by atoms with Crippen LogP contribution >= 0.6 is 50.3 Å². The van der Waals surface area contributed by atoms with Crippen molar-refractivity contribution in [1.82, 2.24) is 9.97 Å². The second-order valence-electron chi connectivity index (χ2n) is 3.86. The Hall–Kier alpha value is -0.340. The third kappa shape index (κ3) is 3.82. The van der Waals surface area contributed by atoms with E-state index in [9.17, 15) is 0 Å². The smallest absolute Gasteiger partial charge is 0.141 e. The van der Waals surface area contributed by atoms with E-state index in [0.29, 0.717) is 5.82 Å². The summed E-state index contributed by atoms with van der Waals surface area (Å²) in [6.07, 6.45) is 0.873. The zero-order valence-corrected chi connectivity index (χ0v) is 14.9. The predicted octanol–water partition coefficient (Wildman–Crippen LogP) is 4.28. The van der Waals surface area contributed by atoms with Gasteiger partial charge in [-0.15, -0.1) is 11.8 Å². The van der Waals surface area contributed by atoms with Crippen molar-refractivity contribution in [1.29, 1.82) is 0 Å². The van der Waals surface area contributed by atoms with Crippen LogP contribution in [0.5, 0.6) is 0 Å². The molecule has 3 nitrogen and oxygen atoms in total. The van der Waals surface area contributed by atoms with Gasteiger partial charge >= 0.3 is 0 Å². The van der Waals surface area contributed by atoms with Crippen molar-refractivity contribution in [2.24, 2.45) is 0 Å². The first-order valence-electron chi connectivity index (χ1n) is 5.80. The molecule has 0 saturated carbocycles. The molecule has 0 aliphatic heterocycles. The normalized spacial score (nSPS) is 10.7. The van der Waals surface area contributed by atoms with Gasteiger partial charge in [0.05, 0.1) is 15.0 Å². The first-order chi connectivity index (χ1) is 9.11. The third-order valence-electron chi connectivity index (χ3n) is 2.52. The molecule has 0 aliphatic rings. The van der Waals surface area contributed by atoms with Crippen LogP contribution in [0.25, 0.3) is 0 Å². The van der Waals surface area contributed by atoms with Gasteiger partial charge in [-0.05, 0) is 57.1 Å². The number of halogens is 2. The lowest BCUT2D eigenvalue weighted by Crippen LogP contribution is -2.06. The quantitative estimate of drug-likeness (QED) is 0.559. The molecule has 0 unspecified atom stereocenters. The van der Waals surface area contributed by atoms with E-state index in [1.807, 2.05) is 18.2 Å². The van der Waals surface area contributed by atoms with Gasteiger partial charge in [-0.2, -0.15) is 0 Å². The largest absolute Gasteiger partial charge is 0.383 e. The van der Waals surface area contributed by atoms with E-state index in [-0.39, 0.29) is 0 Å². The predicted molar refractivity (Wildman–Crippen MR) is 92.2 cm³/mol. The van der Waals surface area contributed by atoms with E-state index >= 15 is 0 Å². The zero-order chi connectivity index (χ0) is 13.8. The summed E-state index contributed by atoms with van der Waals surface area (Å²) in [5.41, 5.74) is 6.94. The lowest BCUT2D eigenvalue weighted by Gasteiger charge is -2.08. The highest BCUT2D eigenvalue weighted by Gasteiger charge is 2.09. The first-order valence-corrected chi connectivity index (χ1v) is 8.65. The van der Waals surface area contributed by atoms with E-state index in [0.717, 1.165) is 31.7 Å². The van der Waals surface area contributed by atoms with E-state index in [1.165, 1.54) is 4.90 Å². The van der Waals surface area contributed by atoms with Crippen LogP contribution in [0, 0.1) is 3.57 Å². The van der Waals surface area contributed by atoms with Crippen molar-refractivity contribution in [3.8, 4) is 0 Å². The summed E-state index contributed by atoms with van der Waals surface area (Å²) in [7, 11) is 0. The van der Waals surface area contributed by atoms with Crippen molar-refractivity contribution in [2.75, 3.05) is 5.73 Å². The van der Waals surface area contributed by atoms with Crippen molar-refractivity contribution in [3.05, 3.63) is 43.8 Å². The SMILES string of the molecule is CCc1nc(CSc2ccccc2Br)nc(N)c1I. The molecule has 2 aromatic rings. The van der Waals surface area contributed by atoms with Crippen LogP contribution in [0.3, 0.4) is 0 Å². The molecule has 1 aromatic carbocycles.